The Morgan fingerprint density at radius 1 is 1.27 bits per heavy atom. The molecule has 0 aromatic heterocycles. The first-order chi connectivity index (χ1) is 4.65. The number of hydrogen-bond donors (Lipinski definition) is 0. The third kappa shape index (κ3) is 5.10. The fourth-order valence-electron chi connectivity index (χ4n) is 1.00. The van der Waals surface area contributed by atoms with E-state index in [4.69, 9.17) is 22.2 Å². The van der Waals surface area contributed by atoms with Gasteiger partial charge in [0.25, 0.3) is 0 Å². The van der Waals surface area contributed by atoms with Gasteiger partial charge < -0.3 is 0 Å². The summed E-state index contributed by atoms with van der Waals surface area (Å²) in [4.78, 5) is 0. The topological polar surface area (TPSA) is 0 Å². The zero-order valence-corrected chi connectivity index (χ0v) is 10.6. The first kappa shape index (κ1) is 11.8. The predicted molar refractivity (Wildman–Crippen MR) is 56.8 cm³/mol. The van der Waals surface area contributed by atoms with Crippen LogP contribution in [0, 0.1) is 11.3 Å². The minimum absolute atomic E-state index is 0.282. The summed E-state index contributed by atoms with van der Waals surface area (Å²) in [5.74, 6) is 0.645. The van der Waals surface area contributed by atoms with Crippen molar-refractivity contribution in [2.75, 3.05) is 0 Å². The van der Waals surface area contributed by atoms with Gasteiger partial charge in [-0.15, -0.1) is 22.2 Å². The molecule has 0 saturated carbocycles. The molecular weight excluding hydrogens is 195 g/mol. The fraction of sp³-hybridized carbons (Fsp3) is 1.00. The molecule has 0 heterocycles. The molecule has 68 valence electrons. The lowest BCUT2D eigenvalue weighted by molar-refractivity contribution is 0.282. The lowest BCUT2D eigenvalue weighted by atomic mass is 9.83. The molecule has 0 radical (unpaired) electrons. The van der Waals surface area contributed by atoms with Crippen molar-refractivity contribution in [1.82, 2.24) is 0 Å². The highest BCUT2D eigenvalue weighted by atomic mass is 35.7. The van der Waals surface area contributed by atoms with Gasteiger partial charge in [0, 0.05) is 0 Å². The first-order valence-corrected chi connectivity index (χ1v) is 8.76. The molecule has 0 N–H and O–H groups in total. The van der Waals surface area contributed by atoms with E-state index in [1.165, 1.54) is 0 Å². The normalized spacial score (nSPS) is 14.2. The van der Waals surface area contributed by atoms with Gasteiger partial charge in [-0.1, -0.05) is 27.7 Å². The van der Waals surface area contributed by atoms with Crippen LogP contribution in [0.25, 0.3) is 0 Å². The molecule has 0 aromatic rings. The van der Waals surface area contributed by atoms with Gasteiger partial charge in [-0.3, -0.25) is 0 Å². The van der Waals surface area contributed by atoms with Crippen molar-refractivity contribution in [1.29, 1.82) is 0 Å². The summed E-state index contributed by atoms with van der Waals surface area (Å²) in [5, 5.41) is 0. The lowest BCUT2D eigenvalue weighted by Gasteiger charge is -2.32. The highest BCUT2D eigenvalue weighted by Gasteiger charge is 2.33. The summed E-state index contributed by atoms with van der Waals surface area (Å²) >= 11 is 12.1. The predicted octanol–water partition coefficient (Wildman–Crippen LogP) is 4.22. The van der Waals surface area contributed by atoms with Crippen LogP contribution in [0.5, 0.6) is 0 Å². The molecule has 0 nitrogen and oxygen atoms in total. The van der Waals surface area contributed by atoms with Gasteiger partial charge in [0.05, 0.1) is 0 Å². The number of hydrogen-bond acceptors (Lipinski definition) is 0. The summed E-state index contributed by atoms with van der Waals surface area (Å²) in [7, 11) is 0. The maximum atomic E-state index is 6.07. The minimum Gasteiger partial charge on any atom is -0.146 e. The largest absolute Gasteiger partial charge is 0.248 e. The smallest absolute Gasteiger partial charge is 0.146 e. The third-order valence-corrected chi connectivity index (χ3v) is 4.66. The Morgan fingerprint density at radius 2 is 1.64 bits per heavy atom. The number of rotatable bonds is 3. The van der Waals surface area contributed by atoms with Gasteiger partial charge in [-0.25, -0.2) is 0 Å². The van der Waals surface area contributed by atoms with Gasteiger partial charge >= 0.3 is 0 Å². The van der Waals surface area contributed by atoms with Gasteiger partial charge in [0.2, 0.25) is 6.69 Å². The standard InChI is InChI=1S/C8H18Cl2Si/c1-7(2)8(3,4)6-11(5,9)10/h7H,6H2,1-5H3. The van der Waals surface area contributed by atoms with Gasteiger partial charge in [0.15, 0.2) is 0 Å². The molecule has 0 saturated heterocycles. The highest BCUT2D eigenvalue weighted by Crippen LogP contribution is 2.38. The van der Waals surface area contributed by atoms with Gasteiger partial charge in [-0.2, -0.15) is 0 Å². The van der Waals surface area contributed by atoms with E-state index >= 15 is 0 Å². The summed E-state index contributed by atoms with van der Waals surface area (Å²) in [5.41, 5.74) is 0.282. The number of halogens is 2. The van der Waals surface area contributed by atoms with Crippen LogP contribution < -0.4 is 0 Å². The van der Waals surface area contributed by atoms with E-state index in [0.29, 0.717) is 5.92 Å². The Labute approximate surface area is 80.7 Å². The summed E-state index contributed by atoms with van der Waals surface area (Å²) < 4.78 is 0. The molecule has 0 unspecified atom stereocenters. The molecule has 0 spiro atoms. The van der Waals surface area contributed by atoms with E-state index < -0.39 is 6.69 Å². The van der Waals surface area contributed by atoms with Crippen molar-refractivity contribution >= 4 is 28.9 Å². The Hall–Kier alpha value is 0.797. The van der Waals surface area contributed by atoms with Crippen LogP contribution in [-0.4, -0.2) is 6.69 Å². The van der Waals surface area contributed by atoms with Crippen LogP contribution >= 0.6 is 22.2 Å². The maximum absolute atomic E-state index is 6.07. The highest BCUT2D eigenvalue weighted by molar-refractivity contribution is 7.44. The maximum Gasteiger partial charge on any atom is 0.248 e. The minimum atomic E-state index is -1.91. The Balaban J connectivity index is 4.13. The van der Waals surface area contributed by atoms with E-state index in [2.05, 4.69) is 27.7 Å². The van der Waals surface area contributed by atoms with Gasteiger partial charge in [0.1, 0.15) is 0 Å². The molecule has 0 aliphatic heterocycles. The monoisotopic (exact) mass is 212 g/mol. The zero-order chi connectivity index (χ0) is 9.28. The van der Waals surface area contributed by atoms with E-state index in [1.807, 2.05) is 6.55 Å². The fourth-order valence-corrected chi connectivity index (χ4v) is 5.08. The average Bonchev–Trinajstić information content (AvgIpc) is 1.56. The zero-order valence-electron chi connectivity index (χ0n) is 8.04. The van der Waals surface area contributed by atoms with E-state index in [9.17, 15) is 0 Å². The summed E-state index contributed by atoms with van der Waals surface area (Å²) in [6.07, 6.45) is 0. The summed E-state index contributed by atoms with van der Waals surface area (Å²) in [6.45, 7) is 8.97. The van der Waals surface area contributed by atoms with Crippen LogP contribution in [0.3, 0.4) is 0 Å². The second-order valence-electron chi connectivity index (χ2n) is 4.39. The van der Waals surface area contributed by atoms with Crippen molar-refractivity contribution in [2.45, 2.75) is 40.3 Å². The van der Waals surface area contributed by atoms with E-state index in [1.54, 1.807) is 0 Å². The third-order valence-electron chi connectivity index (χ3n) is 2.33. The Bertz CT molecular complexity index is 125. The van der Waals surface area contributed by atoms with Gasteiger partial charge in [-0.05, 0) is 23.9 Å². The second kappa shape index (κ2) is 3.67. The Morgan fingerprint density at radius 3 is 1.73 bits per heavy atom. The van der Waals surface area contributed by atoms with Crippen molar-refractivity contribution in [3.05, 3.63) is 0 Å². The molecule has 3 heteroatoms. The molecule has 0 atom stereocenters. The Kier molecular flexibility index (Phi) is 3.94. The van der Waals surface area contributed by atoms with E-state index in [0.717, 1.165) is 6.04 Å². The quantitative estimate of drug-likeness (QED) is 0.486. The molecule has 0 aliphatic rings. The second-order valence-corrected chi connectivity index (χ2v) is 12.5. The molecule has 0 aliphatic carbocycles. The summed E-state index contributed by atoms with van der Waals surface area (Å²) in [6, 6.07) is 0.973. The molecular formula is C8H18Cl2Si. The molecule has 11 heavy (non-hydrogen) atoms. The van der Waals surface area contributed by atoms with Crippen molar-refractivity contribution in [3.8, 4) is 0 Å². The average molecular weight is 213 g/mol. The lowest BCUT2D eigenvalue weighted by Crippen LogP contribution is -2.28. The molecule has 0 bridgehead atoms. The van der Waals surface area contributed by atoms with Crippen LogP contribution in [0.15, 0.2) is 0 Å². The van der Waals surface area contributed by atoms with Crippen LogP contribution in [0.1, 0.15) is 27.7 Å². The molecule has 0 fully saturated rings. The van der Waals surface area contributed by atoms with Crippen molar-refractivity contribution < 1.29 is 0 Å². The van der Waals surface area contributed by atoms with Crippen molar-refractivity contribution in [3.63, 3.8) is 0 Å². The molecule has 0 rings (SSSR count). The van der Waals surface area contributed by atoms with E-state index in [-0.39, 0.29) is 5.41 Å². The first-order valence-electron chi connectivity index (χ1n) is 4.03. The van der Waals surface area contributed by atoms with Crippen LogP contribution in [0.4, 0.5) is 0 Å². The van der Waals surface area contributed by atoms with Crippen LogP contribution in [-0.2, 0) is 0 Å². The molecule has 0 amide bonds. The van der Waals surface area contributed by atoms with Crippen LogP contribution in [0.2, 0.25) is 12.6 Å². The SMILES string of the molecule is CC(C)C(C)(C)C[Si](C)(Cl)Cl. The molecule has 0 aromatic carbocycles. The van der Waals surface area contributed by atoms with Crippen molar-refractivity contribution in [2.24, 2.45) is 11.3 Å².